The number of rotatable bonds is 5. The standard InChI is InChI=1S/C15H19N3O/c1-3-19-15-9-12(6-7-13(15)16)18-10-14-11(2)5-4-8-17-14/h4-9,18H,3,10,16H2,1-2H3. The molecule has 0 atom stereocenters. The molecule has 0 aliphatic rings. The molecule has 100 valence electrons. The van der Waals surface area contributed by atoms with Gasteiger partial charge < -0.3 is 15.8 Å². The molecule has 0 aliphatic carbocycles. The first kappa shape index (κ1) is 13.2. The molecule has 4 heteroatoms. The normalized spacial score (nSPS) is 10.2. The molecule has 0 aliphatic heterocycles. The Hall–Kier alpha value is -2.23. The van der Waals surface area contributed by atoms with Crippen LogP contribution in [-0.2, 0) is 6.54 Å². The second-order valence-electron chi connectivity index (χ2n) is 4.31. The van der Waals surface area contributed by atoms with Crippen LogP contribution in [0.25, 0.3) is 0 Å². The average molecular weight is 257 g/mol. The molecule has 0 radical (unpaired) electrons. The maximum Gasteiger partial charge on any atom is 0.144 e. The Morgan fingerprint density at radius 2 is 2.16 bits per heavy atom. The van der Waals surface area contributed by atoms with Crippen molar-refractivity contribution in [1.82, 2.24) is 4.98 Å². The number of pyridine rings is 1. The Bertz CT molecular complexity index is 555. The molecule has 2 aromatic rings. The summed E-state index contributed by atoms with van der Waals surface area (Å²) in [6.45, 7) is 5.28. The molecule has 0 amide bonds. The zero-order chi connectivity index (χ0) is 13.7. The second kappa shape index (κ2) is 6.09. The first-order valence-electron chi connectivity index (χ1n) is 6.37. The van der Waals surface area contributed by atoms with E-state index in [-0.39, 0.29) is 0 Å². The molecule has 3 N–H and O–H groups in total. The highest BCUT2D eigenvalue weighted by atomic mass is 16.5. The lowest BCUT2D eigenvalue weighted by Crippen LogP contribution is -2.04. The molecule has 1 aromatic heterocycles. The molecule has 0 bridgehead atoms. The van der Waals surface area contributed by atoms with Gasteiger partial charge in [0.15, 0.2) is 0 Å². The fraction of sp³-hybridized carbons (Fsp3) is 0.267. The number of aromatic nitrogens is 1. The number of ether oxygens (including phenoxy) is 1. The number of hydrogen-bond acceptors (Lipinski definition) is 4. The van der Waals surface area contributed by atoms with Crippen molar-refractivity contribution in [3.8, 4) is 5.75 Å². The van der Waals surface area contributed by atoms with Gasteiger partial charge in [0.1, 0.15) is 5.75 Å². The smallest absolute Gasteiger partial charge is 0.144 e. The summed E-state index contributed by atoms with van der Waals surface area (Å²) in [5.41, 5.74) is 9.69. The van der Waals surface area contributed by atoms with E-state index in [2.05, 4.69) is 23.3 Å². The van der Waals surface area contributed by atoms with Crippen LogP contribution in [0.5, 0.6) is 5.75 Å². The number of nitrogens with two attached hydrogens (primary N) is 1. The van der Waals surface area contributed by atoms with Crippen LogP contribution in [0, 0.1) is 6.92 Å². The maximum atomic E-state index is 5.84. The van der Waals surface area contributed by atoms with E-state index in [9.17, 15) is 0 Å². The molecular formula is C15H19N3O. The quantitative estimate of drug-likeness (QED) is 0.808. The van der Waals surface area contributed by atoms with Crippen LogP contribution in [-0.4, -0.2) is 11.6 Å². The summed E-state index contributed by atoms with van der Waals surface area (Å²) in [6, 6.07) is 9.69. The zero-order valence-corrected chi connectivity index (χ0v) is 11.3. The van der Waals surface area contributed by atoms with Gasteiger partial charge in [-0.3, -0.25) is 4.98 Å². The van der Waals surface area contributed by atoms with Gasteiger partial charge in [-0.15, -0.1) is 0 Å². The largest absolute Gasteiger partial charge is 0.492 e. The minimum absolute atomic E-state index is 0.604. The Morgan fingerprint density at radius 1 is 1.32 bits per heavy atom. The minimum Gasteiger partial charge on any atom is -0.492 e. The molecule has 2 rings (SSSR count). The molecular weight excluding hydrogens is 238 g/mol. The van der Waals surface area contributed by atoms with Gasteiger partial charge in [-0.2, -0.15) is 0 Å². The van der Waals surface area contributed by atoms with Crippen molar-refractivity contribution in [2.75, 3.05) is 17.7 Å². The minimum atomic E-state index is 0.604. The number of anilines is 2. The van der Waals surface area contributed by atoms with Crippen LogP contribution in [0.3, 0.4) is 0 Å². The van der Waals surface area contributed by atoms with Crippen LogP contribution in [0.15, 0.2) is 36.5 Å². The van der Waals surface area contributed by atoms with E-state index in [1.165, 1.54) is 5.56 Å². The van der Waals surface area contributed by atoms with E-state index in [1.54, 1.807) is 6.20 Å². The summed E-state index contributed by atoms with van der Waals surface area (Å²) in [5.74, 6) is 0.713. The van der Waals surface area contributed by atoms with E-state index in [0.717, 1.165) is 11.4 Å². The number of nitrogens with zero attached hydrogens (tertiary/aromatic N) is 1. The maximum absolute atomic E-state index is 5.84. The topological polar surface area (TPSA) is 60.2 Å². The molecule has 0 saturated heterocycles. The van der Waals surface area contributed by atoms with Gasteiger partial charge in [0.25, 0.3) is 0 Å². The van der Waals surface area contributed by atoms with Crippen molar-refractivity contribution in [3.63, 3.8) is 0 Å². The van der Waals surface area contributed by atoms with Gasteiger partial charge in [-0.25, -0.2) is 0 Å². The zero-order valence-electron chi connectivity index (χ0n) is 11.3. The van der Waals surface area contributed by atoms with Crippen LogP contribution in [0.1, 0.15) is 18.2 Å². The summed E-state index contributed by atoms with van der Waals surface area (Å²) in [6.07, 6.45) is 1.80. The predicted molar refractivity (Wildman–Crippen MR) is 78.3 cm³/mol. The van der Waals surface area contributed by atoms with Crippen molar-refractivity contribution < 1.29 is 4.74 Å². The van der Waals surface area contributed by atoms with Gasteiger partial charge in [0.05, 0.1) is 24.5 Å². The van der Waals surface area contributed by atoms with Gasteiger partial charge in [0, 0.05) is 18.0 Å². The third-order valence-electron chi connectivity index (χ3n) is 2.89. The second-order valence-corrected chi connectivity index (χ2v) is 4.31. The van der Waals surface area contributed by atoms with E-state index < -0.39 is 0 Å². The average Bonchev–Trinajstić information content (AvgIpc) is 2.41. The Kier molecular flexibility index (Phi) is 4.23. The van der Waals surface area contributed by atoms with E-state index >= 15 is 0 Å². The monoisotopic (exact) mass is 257 g/mol. The first-order valence-corrected chi connectivity index (χ1v) is 6.37. The lowest BCUT2D eigenvalue weighted by molar-refractivity contribution is 0.342. The van der Waals surface area contributed by atoms with Gasteiger partial charge in [-0.05, 0) is 37.6 Å². The van der Waals surface area contributed by atoms with Crippen molar-refractivity contribution >= 4 is 11.4 Å². The Labute approximate surface area is 113 Å². The molecule has 0 saturated carbocycles. The van der Waals surface area contributed by atoms with Gasteiger partial charge in [0.2, 0.25) is 0 Å². The summed E-state index contributed by atoms with van der Waals surface area (Å²) in [4.78, 5) is 4.35. The summed E-state index contributed by atoms with van der Waals surface area (Å²) >= 11 is 0. The van der Waals surface area contributed by atoms with Crippen LogP contribution >= 0.6 is 0 Å². The Morgan fingerprint density at radius 3 is 2.89 bits per heavy atom. The van der Waals surface area contributed by atoms with Gasteiger partial charge >= 0.3 is 0 Å². The summed E-state index contributed by atoms with van der Waals surface area (Å²) < 4.78 is 5.47. The van der Waals surface area contributed by atoms with Crippen molar-refractivity contribution in [2.24, 2.45) is 0 Å². The van der Waals surface area contributed by atoms with Crippen LogP contribution in [0.4, 0.5) is 11.4 Å². The third kappa shape index (κ3) is 3.37. The van der Waals surface area contributed by atoms with E-state index in [1.807, 2.05) is 31.2 Å². The number of aryl methyl sites for hydroxylation is 1. The number of nitrogen functional groups attached to an aromatic ring is 1. The highest BCUT2D eigenvalue weighted by molar-refractivity contribution is 5.61. The molecule has 19 heavy (non-hydrogen) atoms. The van der Waals surface area contributed by atoms with Crippen molar-refractivity contribution in [2.45, 2.75) is 20.4 Å². The van der Waals surface area contributed by atoms with Crippen molar-refractivity contribution in [1.29, 1.82) is 0 Å². The lowest BCUT2D eigenvalue weighted by Gasteiger charge is -2.11. The molecule has 0 unspecified atom stereocenters. The Balaban J connectivity index is 2.07. The third-order valence-corrected chi connectivity index (χ3v) is 2.89. The summed E-state index contributed by atoms with van der Waals surface area (Å²) in [7, 11) is 0. The molecule has 0 spiro atoms. The highest BCUT2D eigenvalue weighted by Crippen LogP contribution is 2.25. The lowest BCUT2D eigenvalue weighted by atomic mass is 10.2. The number of hydrogen-bond donors (Lipinski definition) is 2. The van der Waals surface area contributed by atoms with E-state index in [0.29, 0.717) is 24.6 Å². The molecule has 1 heterocycles. The molecule has 4 nitrogen and oxygen atoms in total. The van der Waals surface area contributed by atoms with E-state index in [4.69, 9.17) is 10.5 Å². The highest BCUT2D eigenvalue weighted by Gasteiger charge is 2.03. The fourth-order valence-electron chi connectivity index (χ4n) is 1.81. The van der Waals surface area contributed by atoms with Gasteiger partial charge in [-0.1, -0.05) is 6.07 Å². The SMILES string of the molecule is CCOc1cc(NCc2ncccc2C)ccc1N. The van der Waals surface area contributed by atoms with Crippen LogP contribution in [0.2, 0.25) is 0 Å². The van der Waals surface area contributed by atoms with Crippen LogP contribution < -0.4 is 15.8 Å². The summed E-state index contributed by atoms with van der Waals surface area (Å²) in [5, 5.41) is 3.33. The predicted octanol–water partition coefficient (Wildman–Crippen LogP) is 2.98. The molecule has 0 fully saturated rings. The number of benzene rings is 1. The van der Waals surface area contributed by atoms with Crippen molar-refractivity contribution in [3.05, 3.63) is 47.8 Å². The molecule has 1 aromatic carbocycles. The fourth-order valence-corrected chi connectivity index (χ4v) is 1.81. The first-order chi connectivity index (χ1) is 9.20. The number of nitrogens with one attached hydrogen (secondary N) is 1.